The highest BCUT2D eigenvalue weighted by atomic mass is 16.7. The van der Waals surface area contributed by atoms with Gasteiger partial charge in [-0.2, -0.15) is 0 Å². The van der Waals surface area contributed by atoms with Crippen molar-refractivity contribution in [3.63, 3.8) is 0 Å². The van der Waals surface area contributed by atoms with E-state index in [1.807, 2.05) is 0 Å². The summed E-state index contributed by atoms with van der Waals surface area (Å²) in [5, 5.41) is 10.00. The third-order valence-electron chi connectivity index (χ3n) is 3.61. The number of hydrogen-bond acceptors (Lipinski definition) is 6. The molecular formula is C14H27N3O3. The van der Waals surface area contributed by atoms with Crippen molar-refractivity contribution in [1.29, 1.82) is 0 Å². The maximum absolute atomic E-state index is 10.00. The first kappa shape index (κ1) is 16.9. The molecule has 1 rings (SSSR count). The molecule has 1 aliphatic rings. The molecule has 20 heavy (non-hydrogen) atoms. The van der Waals surface area contributed by atoms with E-state index in [1.165, 1.54) is 6.20 Å². The Morgan fingerprint density at radius 2 is 2.10 bits per heavy atom. The second kappa shape index (κ2) is 7.06. The van der Waals surface area contributed by atoms with Crippen LogP contribution in [0.1, 0.15) is 47.0 Å². The molecule has 4 N–H and O–H groups in total. The van der Waals surface area contributed by atoms with Gasteiger partial charge in [-0.15, -0.1) is 0 Å². The number of allylic oxidation sites excluding steroid dienone is 1. The van der Waals surface area contributed by atoms with Crippen molar-refractivity contribution in [2.75, 3.05) is 6.61 Å². The van der Waals surface area contributed by atoms with Crippen LogP contribution in [0, 0.1) is 0 Å². The zero-order chi connectivity index (χ0) is 15.2. The van der Waals surface area contributed by atoms with Gasteiger partial charge in [0, 0.05) is 12.8 Å². The summed E-state index contributed by atoms with van der Waals surface area (Å²) in [4.78, 5) is 9.82. The SMILES string of the molecule is CC(C)(O)C(C)(C)ONC(/C=N/C1CCCCO1)=C/N. The molecule has 116 valence electrons. The number of hydrogen-bond donors (Lipinski definition) is 3. The number of hydroxylamine groups is 1. The average molecular weight is 285 g/mol. The minimum atomic E-state index is -0.997. The van der Waals surface area contributed by atoms with E-state index < -0.39 is 11.2 Å². The van der Waals surface area contributed by atoms with Gasteiger partial charge >= 0.3 is 0 Å². The van der Waals surface area contributed by atoms with Crippen molar-refractivity contribution in [2.24, 2.45) is 10.7 Å². The zero-order valence-corrected chi connectivity index (χ0v) is 12.8. The second-order valence-electron chi connectivity index (χ2n) is 5.99. The Bertz CT molecular complexity index is 353. The maximum atomic E-state index is 10.00. The average Bonchev–Trinajstić information content (AvgIpc) is 2.39. The number of aliphatic hydroxyl groups is 1. The minimum Gasteiger partial charge on any atom is -0.403 e. The second-order valence-corrected chi connectivity index (χ2v) is 5.99. The summed E-state index contributed by atoms with van der Waals surface area (Å²) in [6.07, 6.45) is 5.99. The van der Waals surface area contributed by atoms with E-state index in [4.69, 9.17) is 15.3 Å². The van der Waals surface area contributed by atoms with Crippen LogP contribution >= 0.6 is 0 Å². The van der Waals surface area contributed by atoms with Gasteiger partial charge in [0.1, 0.15) is 11.8 Å². The molecule has 1 heterocycles. The maximum Gasteiger partial charge on any atom is 0.148 e. The van der Waals surface area contributed by atoms with E-state index in [-0.39, 0.29) is 6.23 Å². The van der Waals surface area contributed by atoms with Gasteiger partial charge in [-0.05, 0) is 47.0 Å². The van der Waals surface area contributed by atoms with Crippen LogP contribution in [0.15, 0.2) is 16.9 Å². The summed E-state index contributed by atoms with van der Waals surface area (Å²) in [6, 6.07) is 0. The van der Waals surface area contributed by atoms with Crippen LogP contribution in [0.25, 0.3) is 0 Å². The molecule has 0 saturated carbocycles. The monoisotopic (exact) mass is 285 g/mol. The number of nitrogens with two attached hydrogens (primary N) is 1. The fraction of sp³-hybridized carbons (Fsp3) is 0.786. The first-order chi connectivity index (χ1) is 9.26. The lowest BCUT2D eigenvalue weighted by Gasteiger charge is -2.36. The Hall–Kier alpha value is -1.11. The van der Waals surface area contributed by atoms with E-state index in [9.17, 15) is 5.11 Å². The fourth-order valence-electron chi connectivity index (χ4n) is 1.42. The Morgan fingerprint density at radius 3 is 2.60 bits per heavy atom. The Balaban J connectivity index is 2.50. The molecule has 1 fully saturated rings. The molecule has 0 aromatic rings. The number of nitrogens with zero attached hydrogens (tertiary/aromatic N) is 1. The van der Waals surface area contributed by atoms with Gasteiger partial charge in [0.2, 0.25) is 0 Å². The van der Waals surface area contributed by atoms with Crippen LogP contribution in [-0.4, -0.2) is 35.4 Å². The lowest BCUT2D eigenvalue weighted by atomic mass is 9.90. The summed E-state index contributed by atoms with van der Waals surface area (Å²) in [6.45, 7) is 7.69. The van der Waals surface area contributed by atoms with Crippen LogP contribution in [0.3, 0.4) is 0 Å². The standard InChI is InChI=1S/C14H27N3O3/c1-13(2,18)14(3,4)20-17-11(9-15)10-16-12-7-5-6-8-19-12/h9-10,12,17-18H,5-8,15H2,1-4H3/b11-9+,16-10+. The largest absolute Gasteiger partial charge is 0.403 e. The molecule has 0 aliphatic carbocycles. The van der Waals surface area contributed by atoms with Crippen molar-refractivity contribution in [1.82, 2.24) is 5.48 Å². The van der Waals surface area contributed by atoms with Crippen molar-refractivity contribution in [3.05, 3.63) is 11.9 Å². The number of nitrogens with one attached hydrogen (secondary N) is 1. The van der Waals surface area contributed by atoms with E-state index in [1.54, 1.807) is 33.9 Å². The molecular weight excluding hydrogens is 258 g/mol. The highest BCUT2D eigenvalue weighted by Crippen LogP contribution is 2.24. The molecule has 0 aromatic carbocycles. The predicted molar refractivity (Wildman–Crippen MR) is 79.0 cm³/mol. The Morgan fingerprint density at radius 1 is 1.40 bits per heavy atom. The van der Waals surface area contributed by atoms with Crippen molar-refractivity contribution in [2.45, 2.75) is 64.4 Å². The molecule has 0 aromatic heterocycles. The van der Waals surface area contributed by atoms with E-state index in [0.29, 0.717) is 5.70 Å². The van der Waals surface area contributed by atoms with Crippen LogP contribution in [-0.2, 0) is 9.57 Å². The molecule has 0 amide bonds. The van der Waals surface area contributed by atoms with Gasteiger partial charge < -0.3 is 15.6 Å². The van der Waals surface area contributed by atoms with Crippen LogP contribution < -0.4 is 11.2 Å². The summed E-state index contributed by atoms with van der Waals surface area (Å²) in [5.41, 5.74) is 7.00. The molecule has 0 bridgehead atoms. The fourth-order valence-corrected chi connectivity index (χ4v) is 1.42. The lowest BCUT2D eigenvalue weighted by molar-refractivity contribution is -0.174. The topological polar surface area (TPSA) is 89.1 Å². The smallest absolute Gasteiger partial charge is 0.148 e. The lowest BCUT2D eigenvalue weighted by Crippen LogP contribution is -2.50. The van der Waals surface area contributed by atoms with Gasteiger partial charge in [-0.1, -0.05) is 0 Å². The first-order valence-electron chi connectivity index (χ1n) is 6.99. The van der Waals surface area contributed by atoms with Gasteiger partial charge in [-0.25, -0.2) is 0 Å². The number of ether oxygens (including phenoxy) is 1. The van der Waals surface area contributed by atoms with Crippen LogP contribution in [0.2, 0.25) is 0 Å². The Kier molecular flexibility index (Phi) is 5.98. The number of aliphatic imine (C=N–C) groups is 1. The molecule has 6 heteroatoms. The summed E-state index contributed by atoms with van der Waals surface area (Å²) >= 11 is 0. The van der Waals surface area contributed by atoms with Crippen LogP contribution in [0.5, 0.6) is 0 Å². The van der Waals surface area contributed by atoms with Crippen molar-refractivity contribution in [3.8, 4) is 0 Å². The highest BCUT2D eigenvalue weighted by molar-refractivity contribution is 5.77. The minimum absolute atomic E-state index is 0.109. The Labute approximate surface area is 121 Å². The molecule has 0 spiro atoms. The molecule has 1 saturated heterocycles. The molecule has 6 nitrogen and oxygen atoms in total. The highest BCUT2D eigenvalue weighted by Gasteiger charge is 2.37. The first-order valence-corrected chi connectivity index (χ1v) is 6.99. The molecule has 1 aliphatic heterocycles. The summed E-state index contributed by atoms with van der Waals surface area (Å²) in [7, 11) is 0. The van der Waals surface area contributed by atoms with Crippen molar-refractivity contribution >= 4 is 6.21 Å². The zero-order valence-electron chi connectivity index (χ0n) is 12.8. The van der Waals surface area contributed by atoms with E-state index in [2.05, 4.69) is 10.5 Å². The molecule has 0 radical (unpaired) electrons. The third-order valence-corrected chi connectivity index (χ3v) is 3.61. The summed E-state index contributed by atoms with van der Waals surface area (Å²) in [5.74, 6) is 0. The van der Waals surface area contributed by atoms with Gasteiger partial charge in [0.15, 0.2) is 0 Å². The summed E-state index contributed by atoms with van der Waals surface area (Å²) < 4.78 is 5.50. The third kappa shape index (κ3) is 5.11. The van der Waals surface area contributed by atoms with Gasteiger partial charge in [0.05, 0.1) is 17.5 Å². The predicted octanol–water partition coefficient (Wildman–Crippen LogP) is 1.45. The normalized spacial score (nSPS) is 22.2. The van der Waals surface area contributed by atoms with Gasteiger partial charge in [-0.3, -0.25) is 15.3 Å². The van der Waals surface area contributed by atoms with Crippen molar-refractivity contribution < 1.29 is 14.7 Å². The molecule has 1 atom stereocenters. The van der Waals surface area contributed by atoms with E-state index >= 15 is 0 Å². The van der Waals surface area contributed by atoms with E-state index in [0.717, 1.165) is 25.9 Å². The molecule has 1 unspecified atom stereocenters. The number of rotatable bonds is 6. The van der Waals surface area contributed by atoms with Crippen LogP contribution in [0.4, 0.5) is 0 Å². The van der Waals surface area contributed by atoms with Gasteiger partial charge in [0.25, 0.3) is 0 Å². The quantitative estimate of drug-likeness (QED) is 0.508.